The second-order valence-electron chi connectivity index (χ2n) is 37.1. The molecule has 0 fully saturated rings. The molecule has 12 heteroatoms. The predicted molar refractivity (Wildman–Crippen MR) is 430 cm³/mol. The average molecular weight is 1390 g/mol. The van der Waals surface area contributed by atoms with Crippen LogP contribution in [0.5, 0.6) is 23.0 Å². The van der Waals surface area contributed by atoms with E-state index in [1.807, 2.05) is 72.8 Å². The second kappa shape index (κ2) is 26.2. The van der Waals surface area contributed by atoms with Gasteiger partial charge in [-0.3, -0.25) is 0 Å². The third-order valence-electron chi connectivity index (χ3n) is 20.1. The largest absolute Gasteiger partial charge is 0.484 e. The molecular formula is C92H104N8O4. The topological polar surface area (TPSA) is 136 Å². The van der Waals surface area contributed by atoms with E-state index in [4.69, 9.17) is 58.9 Å². The van der Waals surface area contributed by atoms with Gasteiger partial charge in [0.15, 0.2) is 46.7 Å². The summed E-state index contributed by atoms with van der Waals surface area (Å²) >= 11 is 0. The summed E-state index contributed by atoms with van der Waals surface area (Å²) in [5.41, 5.74) is 12.9. The van der Waals surface area contributed by atoms with Crippen LogP contribution in [0.4, 0.5) is 0 Å². The number of amidine groups is 8. The molecule has 8 bridgehead atoms. The zero-order valence-corrected chi connectivity index (χ0v) is 65.7. The Morgan fingerprint density at radius 3 is 0.519 bits per heavy atom. The zero-order valence-electron chi connectivity index (χ0n) is 65.7. The number of hydrogen-bond acceptors (Lipinski definition) is 12. The standard InChI is InChI=1S/C92H104N8O4/c1-85(2,3)57-45-37-53(38-46-57)73(89(13,14)15)101-65-33-25-29-61-69(65)81-93-77(61)98-82-71-63(31-27-35-67(71)103-75(91(19,20)21)55-41-49-59(50-42-55)87(7,8)9)79(95-82)100-84-72-64(32-28-36-68(72)104-76(92(22,23)24)56-43-51-60(52-44-56)88(10,11)12)80(96-84)99-83-70-62(78(94-83)97-81)30-26-34-66(70)102-74(90(16,17)18)54-39-47-58(48-40-54)86(4,5)6/h25-52,73-76H,1-24H3. The second-order valence-corrected chi connectivity index (χ2v) is 37.1. The fourth-order valence-electron chi connectivity index (χ4n) is 14.2. The first-order chi connectivity index (χ1) is 48.6. The molecule has 0 N–H and O–H groups in total. The van der Waals surface area contributed by atoms with Crippen LogP contribution >= 0.6 is 0 Å². The molecule has 0 saturated heterocycles. The maximum atomic E-state index is 7.48. The van der Waals surface area contributed by atoms with E-state index in [1.165, 1.54) is 22.3 Å². The Hall–Kier alpha value is -9.68. The molecule has 104 heavy (non-hydrogen) atoms. The van der Waals surface area contributed by atoms with E-state index in [0.29, 0.717) is 114 Å². The van der Waals surface area contributed by atoms with Crippen molar-refractivity contribution in [2.45, 2.75) is 212 Å². The summed E-state index contributed by atoms with van der Waals surface area (Å²) in [6, 6.07) is 59.5. The first-order valence-electron chi connectivity index (χ1n) is 36.9. The van der Waals surface area contributed by atoms with Crippen molar-refractivity contribution in [2.75, 3.05) is 0 Å². The molecule has 8 aromatic rings. The van der Waals surface area contributed by atoms with Gasteiger partial charge in [0, 0.05) is 43.9 Å². The quantitative estimate of drug-likeness (QED) is 0.120. The normalized spacial score (nSPS) is 16.4. The van der Waals surface area contributed by atoms with Gasteiger partial charge in [0.1, 0.15) is 47.4 Å². The molecule has 5 aliphatic heterocycles. The Balaban J connectivity index is 1.06. The third-order valence-corrected chi connectivity index (χ3v) is 20.1. The number of nitrogens with zero attached hydrogens (tertiary/aromatic N) is 8. The van der Waals surface area contributed by atoms with Crippen molar-refractivity contribution in [3.63, 3.8) is 0 Å². The first kappa shape index (κ1) is 72.7. The molecule has 4 unspecified atom stereocenters. The van der Waals surface area contributed by atoms with Crippen molar-refractivity contribution in [3.05, 3.63) is 259 Å². The van der Waals surface area contributed by atoms with Gasteiger partial charge in [-0.05, 0) is 90.4 Å². The summed E-state index contributed by atoms with van der Waals surface area (Å²) in [6.07, 6.45) is -1.60. The summed E-state index contributed by atoms with van der Waals surface area (Å²) in [7, 11) is 0. The Morgan fingerprint density at radius 2 is 0.365 bits per heavy atom. The lowest BCUT2D eigenvalue weighted by Gasteiger charge is -2.33. The highest BCUT2D eigenvalue weighted by atomic mass is 16.5. The van der Waals surface area contributed by atoms with Crippen LogP contribution in [0, 0.1) is 21.7 Å². The van der Waals surface area contributed by atoms with E-state index < -0.39 is 24.4 Å². The Bertz CT molecular complexity index is 4320. The van der Waals surface area contributed by atoms with E-state index in [9.17, 15) is 0 Å². The smallest absolute Gasteiger partial charge is 0.168 e. The number of hydrogen-bond donors (Lipinski definition) is 0. The molecule has 0 radical (unpaired) electrons. The van der Waals surface area contributed by atoms with Crippen molar-refractivity contribution < 1.29 is 18.9 Å². The number of aliphatic imine (C=N–C) groups is 8. The monoisotopic (exact) mass is 1380 g/mol. The first-order valence-corrected chi connectivity index (χ1v) is 36.9. The number of rotatable bonds is 12. The van der Waals surface area contributed by atoms with Crippen molar-refractivity contribution >= 4 is 46.7 Å². The fraction of sp³-hybridized carbons (Fsp3) is 0.391. The van der Waals surface area contributed by atoms with Crippen molar-refractivity contribution in [2.24, 2.45) is 61.6 Å². The molecule has 0 amide bonds. The summed E-state index contributed by atoms with van der Waals surface area (Å²) in [4.78, 5) is 44.6. The molecule has 8 aromatic carbocycles. The minimum atomic E-state index is -0.401. The Kier molecular flexibility index (Phi) is 18.3. The lowest BCUT2D eigenvalue weighted by molar-refractivity contribution is 0.0866. The summed E-state index contributed by atoms with van der Waals surface area (Å²) < 4.78 is 29.9. The highest BCUT2D eigenvalue weighted by Crippen LogP contribution is 2.48. The molecule has 5 heterocycles. The molecule has 4 atom stereocenters. The molecular weight excluding hydrogens is 1280 g/mol. The molecule has 0 aliphatic carbocycles. The highest BCUT2D eigenvalue weighted by molar-refractivity contribution is 6.36. The van der Waals surface area contributed by atoms with Gasteiger partial charge < -0.3 is 18.9 Å². The van der Waals surface area contributed by atoms with Gasteiger partial charge in [0.2, 0.25) is 0 Å². The van der Waals surface area contributed by atoms with Gasteiger partial charge in [-0.25, -0.2) is 39.9 Å². The minimum Gasteiger partial charge on any atom is -0.484 e. The number of ether oxygens (including phenoxy) is 4. The molecule has 13 rings (SSSR count). The van der Waals surface area contributed by atoms with Gasteiger partial charge in [-0.1, -0.05) is 312 Å². The van der Waals surface area contributed by atoms with Crippen LogP contribution in [0.1, 0.15) is 280 Å². The van der Waals surface area contributed by atoms with Crippen molar-refractivity contribution in [3.8, 4) is 23.0 Å². The molecule has 5 aliphatic rings. The SMILES string of the molecule is CC(C)(C)c1ccc(C(Oc2cccc3c2C2=NC3=NC3=NC(=NC4=NC(=NC5=NC(=N2)c2cccc(OC(c6ccc(C(C)(C)C)cc6)C(C)(C)C)c25)c2cccc(OC(c5ccc(C(C)(C)C)cc5)C(C)(C)C)c24)c2cccc(OC(c4ccc(C(C)(C)C)cc4)C(C)(C)C)c23)C(C)(C)C)cc1. The lowest BCUT2D eigenvalue weighted by Crippen LogP contribution is -2.25. The Labute approximate surface area is 617 Å². The van der Waals surface area contributed by atoms with Crippen molar-refractivity contribution in [1.29, 1.82) is 0 Å². The maximum Gasteiger partial charge on any atom is 0.168 e. The van der Waals surface area contributed by atoms with E-state index >= 15 is 0 Å². The third kappa shape index (κ3) is 14.5. The number of benzene rings is 8. The van der Waals surface area contributed by atoms with Gasteiger partial charge in [0.05, 0.1) is 22.3 Å². The van der Waals surface area contributed by atoms with E-state index in [2.05, 4.69) is 263 Å². The van der Waals surface area contributed by atoms with E-state index in [1.54, 1.807) is 0 Å². The highest BCUT2D eigenvalue weighted by Gasteiger charge is 2.41. The van der Waals surface area contributed by atoms with Gasteiger partial charge in [-0.15, -0.1) is 0 Å². The Morgan fingerprint density at radius 1 is 0.202 bits per heavy atom. The van der Waals surface area contributed by atoms with Crippen molar-refractivity contribution in [1.82, 2.24) is 0 Å². The lowest BCUT2D eigenvalue weighted by atomic mass is 9.82. The zero-order chi connectivity index (χ0) is 74.8. The van der Waals surface area contributed by atoms with Crippen LogP contribution in [-0.4, -0.2) is 46.7 Å². The summed E-state index contributed by atoms with van der Waals surface area (Å²) in [6.45, 7) is 53.4. The molecule has 0 aromatic heterocycles. The summed E-state index contributed by atoms with van der Waals surface area (Å²) in [5.74, 6) is 5.25. The predicted octanol–water partition coefficient (Wildman–Crippen LogP) is 22.7. The number of fused-ring (bicyclic) bond motifs is 16. The molecule has 12 nitrogen and oxygen atoms in total. The van der Waals surface area contributed by atoms with E-state index in [-0.39, 0.29) is 43.3 Å². The van der Waals surface area contributed by atoms with Crippen LogP contribution in [0.15, 0.2) is 210 Å². The van der Waals surface area contributed by atoms with Crippen LogP contribution in [0.3, 0.4) is 0 Å². The van der Waals surface area contributed by atoms with Crippen LogP contribution < -0.4 is 18.9 Å². The maximum absolute atomic E-state index is 7.48. The summed E-state index contributed by atoms with van der Waals surface area (Å²) in [5, 5.41) is 0. The van der Waals surface area contributed by atoms with Crippen LogP contribution in [-0.2, 0) is 21.7 Å². The fourth-order valence-corrected chi connectivity index (χ4v) is 14.2. The molecule has 536 valence electrons. The average Bonchev–Trinajstić information content (AvgIpc) is 1.58. The van der Waals surface area contributed by atoms with Crippen LogP contribution in [0.25, 0.3) is 0 Å². The van der Waals surface area contributed by atoms with Gasteiger partial charge >= 0.3 is 0 Å². The van der Waals surface area contributed by atoms with Gasteiger partial charge in [0.25, 0.3) is 0 Å². The van der Waals surface area contributed by atoms with E-state index in [0.717, 1.165) is 22.3 Å². The molecule has 0 spiro atoms. The molecule has 0 saturated carbocycles. The minimum absolute atomic E-state index is 0.0375. The van der Waals surface area contributed by atoms with Crippen LogP contribution in [0.2, 0.25) is 0 Å². The van der Waals surface area contributed by atoms with Gasteiger partial charge in [-0.2, -0.15) is 0 Å².